The van der Waals surface area contributed by atoms with Crippen LogP contribution in [0.4, 0.5) is 13.2 Å². The summed E-state index contributed by atoms with van der Waals surface area (Å²) >= 11 is 0. The van der Waals surface area contributed by atoms with E-state index in [0.717, 1.165) is 0 Å². The highest BCUT2D eigenvalue weighted by Gasteiger charge is 2.45. The number of nitrogens with zero attached hydrogens (tertiary/aromatic N) is 1. The van der Waals surface area contributed by atoms with Gasteiger partial charge >= 0.3 is 12.1 Å². The molecule has 3 rings (SSSR count). The molecule has 0 bridgehead atoms. The standard InChI is InChI=1S/C16H14F3NO5/c17-16(18,19)12-7-5-9(24-12)6-8-13(21)25-20-14(22)10-3-1-2-4-11(10)15(20)23/h1-4,9,12H,5-8H2/t9-,12+/m1/s1. The predicted octanol–water partition coefficient (Wildman–Crippen LogP) is 2.63. The average Bonchev–Trinajstić information content (AvgIpc) is 3.13. The van der Waals surface area contributed by atoms with Gasteiger partial charge in [-0.15, -0.1) is 0 Å². The number of benzene rings is 1. The monoisotopic (exact) mass is 357 g/mol. The molecule has 9 heteroatoms. The molecule has 6 nitrogen and oxygen atoms in total. The number of amides is 2. The van der Waals surface area contributed by atoms with Crippen molar-refractivity contribution < 1.29 is 37.1 Å². The van der Waals surface area contributed by atoms with E-state index in [1.54, 1.807) is 12.1 Å². The van der Waals surface area contributed by atoms with Crippen molar-refractivity contribution in [2.75, 3.05) is 0 Å². The van der Waals surface area contributed by atoms with Gasteiger partial charge in [0.15, 0.2) is 6.10 Å². The van der Waals surface area contributed by atoms with E-state index in [1.807, 2.05) is 0 Å². The summed E-state index contributed by atoms with van der Waals surface area (Å²) in [5, 5.41) is 0.376. The average molecular weight is 357 g/mol. The van der Waals surface area contributed by atoms with Crippen LogP contribution in [0.25, 0.3) is 0 Å². The van der Waals surface area contributed by atoms with Gasteiger partial charge in [-0.1, -0.05) is 17.2 Å². The second kappa shape index (κ2) is 6.47. The van der Waals surface area contributed by atoms with E-state index < -0.39 is 36.2 Å². The van der Waals surface area contributed by atoms with E-state index in [4.69, 9.17) is 9.57 Å². The largest absolute Gasteiger partial charge is 0.414 e. The number of halogens is 3. The van der Waals surface area contributed by atoms with E-state index in [-0.39, 0.29) is 36.8 Å². The van der Waals surface area contributed by atoms with Crippen molar-refractivity contribution in [3.05, 3.63) is 35.4 Å². The Hall–Kier alpha value is -2.42. The Morgan fingerprint density at radius 3 is 2.28 bits per heavy atom. The topological polar surface area (TPSA) is 72.9 Å². The molecule has 0 aromatic heterocycles. The van der Waals surface area contributed by atoms with Crippen molar-refractivity contribution in [2.24, 2.45) is 0 Å². The van der Waals surface area contributed by atoms with Crippen LogP contribution >= 0.6 is 0 Å². The van der Waals surface area contributed by atoms with Crippen molar-refractivity contribution in [3.63, 3.8) is 0 Å². The first-order chi connectivity index (χ1) is 11.8. The second-order valence-electron chi connectivity index (χ2n) is 5.82. The summed E-state index contributed by atoms with van der Waals surface area (Å²) in [4.78, 5) is 40.7. The maximum absolute atomic E-state index is 12.5. The summed E-state index contributed by atoms with van der Waals surface area (Å²) in [6, 6.07) is 6.02. The fourth-order valence-electron chi connectivity index (χ4n) is 2.84. The minimum absolute atomic E-state index is 0.0224. The molecular formula is C16H14F3NO5. The molecular weight excluding hydrogens is 343 g/mol. The highest BCUT2D eigenvalue weighted by molar-refractivity contribution is 6.20. The first kappa shape index (κ1) is 17.4. The molecule has 2 heterocycles. The lowest BCUT2D eigenvalue weighted by molar-refractivity contribution is -0.215. The van der Waals surface area contributed by atoms with Gasteiger partial charge in [-0.2, -0.15) is 13.2 Å². The van der Waals surface area contributed by atoms with E-state index in [0.29, 0.717) is 5.06 Å². The van der Waals surface area contributed by atoms with Crippen LogP contribution in [0.2, 0.25) is 0 Å². The van der Waals surface area contributed by atoms with Crippen molar-refractivity contribution in [1.29, 1.82) is 0 Å². The number of hydrogen-bond acceptors (Lipinski definition) is 5. The van der Waals surface area contributed by atoms with E-state index in [9.17, 15) is 27.6 Å². The molecule has 2 aliphatic rings. The zero-order valence-electron chi connectivity index (χ0n) is 12.9. The van der Waals surface area contributed by atoms with E-state index >= 15 is 0 Å². The van der Waals surface area contributed by atoms with Crippen LogP contribution in [0.1, 0.15) is 46.4 Å². The fourth-order valence-corrected chi connectivity index (χ4v) is 2.84. The molecule has 0 spiro atoms. The molecule has 2 aliphatic heterocycles. The number of hydroxylamine groups is 2. The van der Waals surface area contributed by atoms with Crippen LogP contribution < -0.4 is 0 Å². The normalized spacial score (nSPS) is 23.1. The van der Waals surface area contributed by atoms with Gasteiger partial charge in [0.25, 0.3) is 11.8 Å². The lowest BCUT2D eigenvalue weighted by atomic mass is 10.1. The lowest BCUT2D eigenvalue weighted by Gasteiger charge is -2.16. The van der Waals surface area contributed by atoms with Crippen molar-refractivity contribution in [2.45, 2.75) is 44.1 Å². The first-order valence-electron chi connectivity index (χ1n) is 7.68. The summed E-state index contributed by atoms with van der Waals surface area (Å²) in [7, 11) is 0. The Kier molecular flexibility index (Phi) is 4.51. The summed E-state index contributed by atoms with van der Waals surface area (Å²) in [6.45, 7) is 0. The summed E-state index contributed by atoms with van der Waals surface area (Å²) in [5.41, 5.74) is 0.264. The van der Waals surface area contributed by atoms with Gasteiger partial charge in [-0.3, -0.25) is 9.59 Å². The van der Waals surface area contributed by atoms with Gasteiger partial charge in [0.05, 0.1) is 23.7 Å². The van der Waals surface area contributed by atoms with Gasteiger partial charge < -0.3 is 9.57 Å². The molecule has 0 N–H and O–H groups in total. The number of carbonyl (C=O) groups is 3. The molecule has 0 aliphatic carbocycles. The molecule has 2 amide bonds. The Morgan fingerprint density at radius 1 is 1.16 bits per heavy atom. The molecule has 0 radical (unpaired) electrons. The van der Waals surface area contributed by atoms with E-state index in [2.05, 4.69) is 0 Å². The zero-order valence-corrected chi connectivity index (χ0v) is 12.9. The number of hydrogen-bond donors (Lipinski definition) is 0. The minimum Gasteiger partial charge on any atom is -0.366 e. The van der Waals surface area contributed by atoms with Gasteiger partial charge in [-0.05, 0) is 31.4 Å². The number of fused-ring (bicyclic) bond motifs is 1. The highest BCUT2D eigenvalue weighted by Crippen LogP contribution is 2.34. The molecule has 25 heavy (non-hydrogen) atoms. The highest BCUT2D eigenvalue weighted by atomic mass is 19.4. The first-order valence-corrected chi connectivity index (χ1v) is 7.68. The SMILES string of the molecule is O=C(CC[C@H]1CC[C@@H](C(F)(F)F)O1)ON1C(=O)c2ccccc2C1=O. The Balaban J connectivity index is 1.51. The number of carbonyl (C=O) groups excluding carboxylic acids is 3. The fraction of sp³-hybridized carbons (Fsp3) is 0.438. The van der Waals surface area contributed by atoms with Crippen LogP contribution in [0.5, 0.6) is 0 Å². The maximum atomic E-state index is 12.5. The molecule has 1 aromatic rings. The summed E-state index contributed by atoms with van der Waals surface area (Å²) in [6.07, 6.45) is -7.15. The lowest BCUT2D eigenvalue weighted by Crippen LogP contribution is -2.33. The van der Waals surface area contributed by atoms with Crippen LogP contribution in [0.15, 0.2) is 24.3 Å². The van der Waals surface area contributed by atoms with E-state index in [1.165, 1.54) is 12.1 Å². The number of ether oxygens (including phenoxy) is 1. The van der Waals surface area contributed by atoms with Crippen LogP contribution in [-0.4, -0.2) is 41.2 Å². The third kappa shape index (κ3) is 3.51. The predicted molar refractivity (Wildman–Crippen MR) is 76.2 cm³/mol. The van der Waals surface area contributed by atoms with Crippen molar-refractivity contribution in [1.82, 2.24) is 5.06 Å². The van der Waals surface area contributed by atoms with Gasteiger partial charge in [0, 0.05) is 0 Å². The Labute approximate surface area is 140 Å². The summed E-state index contributed by atoms with van der Waals surface area (Å²) < 4.78 is 42.4. The third-order valence-corrected chi connectivity index (χ3v) is 4.09. The molecule has 1 aromatic carbocycles. The van der Waals surface area contributed by atoms with Gasteiger partial charge in [0.1, 0.15) is 0 Å². The summed E-state index contributed by atoms with van der Waals surface area (Å²) in [5.74, 6) is -2.38. The van der Waals surface area contributed by atoms with Crippen molar-refractivity contribution in [3.8, 4) is 0 Å². The Bertz CT molecular complexity index is 683. The molecule has 1 fully saturated rings. The minimum atomic E-state index is -4.42. The molecule has 134 valence electrons. The maximum Gasteiger partial charge on any atom is 0.414 e. The number of alkyl halides is 3. The van der Waals surface area contributed by atoms with Crippen molar-refractivity contribution >= 4 is 17.8 Å². The van der Waals surface area contributed by atoms with Crippen LogP contribution in [-0.2, 0) is 14.4 Å². The Morgan fingerprint density at radius 2 is 1.76 bits per heavy atom. The van der Waals surface area contributed by atoms with Crippen LogP contribution in [0.3, 0.4) is 0 Å². The molecule has 0 saturated carbocycles. The number of rotatable bonds is 4. The van der Waals surface area contributed by atoms with Gasteiger partial charge in [-0.25, -0.2) is 4.79 Å². The second-order valence-corrected chi connectivity index (χ2v) is 5.82. The molecule has 1 saturated heterocycles. The zero-order chi connectivity index (χ0) is 18.2. The number of imide groups is 1. The van der Waals surface area contributed by atoms with Crippen LogP contribution in [0, 0.1) is 0 Å². The van der Waals surface area contributed by atoms with Gasteiger partial charge in [0.2, 0.25) is 0 Å². The molecule has 0 unspecified atom stereocenters. The third-order valence-electron chi connectivity index (χ3n) is 4.09. The smallest absolute Gasteiger partial charge is 0.366 e. The molecule has 2 atom stereocenters. The quantitative estimate of drug-likeness (QED) is 0.775.